The predicted molar refractivity (Wildman–Crippen MR) is 100 cm³/mol. The Balaban J connectivity index is 1.57. The Labute approximate surface area is 147 Å². The van der Waals surface area contributed by atoms with Crippen LogP contribution in [0.2, 0.25) is 0 Å². The molecule has 0 atom stereocenters. The number of imidazole rings is 1. The van der Waals surface area contributed by atoms with Crippen molar-refractivity contribution in [1.82, 2.24) is 14.7 Å². The Morgan fingerprint density at radius 3 is 2.52 bits per heavy atom. The largest absolute Gasteiger partial charge is 0.378 e. The summed E-state index contributed by atoms with van der Waals surface area (Å²) >= 11 is 0. The first-order valence-corrected chi connectivity index (χ1v) is 8.65. The highest BCUT2D eigenvalue weighted by atomic mass is 16.1. The van der Waals surface area contributed by atoms with Crippen LogP contribution < -0.4 is 10.2 Å². The molecule has 0 aliphatic heterocycles. The molecule has 4 rings (SSSR count). The molecular formula is C20H22N4O. The Bertz CT molecular complexity index is 907. The van der Waals surface area contributed by atoms with Gasteiger partial charge in [0, 0.05) is 38.7 Å². The van der Waals surface area contributed by atoms with Gasteiger partial charge in [-0.3, -0.25) is 4.79 Å². The molecule has 1 N–H and O–H groups in total. The monoisotopic (exact) mass is 334 g/mol. The molecule has 2 heterocycles. The first-order chi connectivity index (χ1) is 12.1. The zero-order chi connectivity index (χ0) is 17.4. The van der Waals surface area contributed by atoms with Gasteiger partial charge < -0.3 is 14.6 Å². The minimum absolute atomic E-state index is 0.0903. The molecule has 0 unspecified atom stereocenters. The lowest BCUT2D eigenvalue weighted by atomic mass is 10.1. The number of fused-ring (bicyclic) bond motifs is 1. The summed E-state index contributed by atoms with van der Waals surface area (Å²) in [4.78, 5) is 18.7. The van der Waals surface area contributed by atoms with Crippen LogP contribution in [0.1, 0.15) is 23.3 Å². The standard InChI is InChI=1S/C20H22N4O/c1-23(2)17-8-5-15(6-9-17)16-7-10-19-22-18(13-24(19)12-16)20(25)21-11-14-3-4-14/h5-10,12-14H,3-4,11H2,1-2H3,(H,21,25). The Hall–Kier alpha value is -2.82. The van der Waals surface area contributed by atoms with Gasteiger partial charge in [0.15, 0.2) is 0 Å². The summed E-state index contributed by atoms with van der Waals surface area (Å²) in [5.41, 5.74) is 4.66. The number of nitrogens with zero attached hydrogens (tertiary/aromatic N) is 3. The molecule has 0 bridgehead atoms. The first kappa shape index (κ1) is 15.7. The molecule has 3 aromatic rings. The number of aromatic nitrogens is 2. The number of hydrogen-bond donors (Lipinski definition) is 1. The van der Waals surface area contributed by atoms with Crippen LogP contribution in [0.3, 0.4) is 0 Å². The van der Waals surface area contributed by atoms with Gasteiger partial charge in [-0.1, -0.05) is 12.1 Å². The summed E-state index contributed by atoms with van der Waals surface area (Å²) in [6.45, 7) is 0.760. The second-order valence-electron chi connectivity index (χ2n) is 6.90. The van der Waals surface area contributed by atoms with E-state index in [2.05, 4.69) is 39.5 Å². The van der Waals surface area contributed by atoms with E-state index in [0.717, 1.165) is 23.3 Å². The maximum atomic E-state index is 12.2. The highest BCUT2D eigenvalue weighted by Crippen LogP contribution is 2.27. The number of amides is 1. The Kier molecular flexibility index (Phi) is 3.92. The zero-order valence-electron chi connectivity index (χ0n) is 14.6. The second-order valence-corrected chi connectivity index (χ2v) is 6.90. The fourth-order valence-corrected chi connectivity index (χ4v) is 2.87. The number of carbonyl (C=O) groups is 1. The molecule has 0 spiro atoms. The molecule has 1 aromatic carbocycles. The molecule has 5 nitrogen and oxygen atoms in total. The van der Waals surface area contributed by atoms with Crippen LogP contribution in [-0.4, -0.2) is 35.9 Å². The highest BCUT2D eigenvalue weighted by Gasteiger charge is 2.22. The number of carbonyl (C=O) groups excluding carboxylic acids is 1. The van der Waals surface area contributed by atoms with Gasteiger partial charge in [-0.05, 0) is 54.2 Å². The highest BCUT2D eigenvalue weighted by molar-refractivity contribution is 5.93. The average molecular weight is 334 g/mol. The van der Waals surface area contributed by atoms with Crippen molar-refractivity contribution in [2.45, 2.75) is 12.8 Å². The van der Waals surface area contributed by atoms with E-state index in [1.807, 2.05) is 36.8 Å². The third-order valence-corrected chi connectivity index (χ3v) is 4.65. The van der Waals surface area contributed by atoms with Crippen molar-refractivity contribution >= 4 is 17.2 Å². The summed E-state index contributed by atoms with van der Waals surface area (Å²) in [7, 11) is 4.06. The molecule has 0 saturated heterocycles. The Morgan fingerprint density at radius 1 is 1.12 bits per heavy atom. The lowest BCUT2D eigenvalue weighted by molar-refractivity contribution is 0.0947. The molecular weight excluding hydrogens is 312 g/mol. The SMILES string of the molecule is CN(C)c1ccc(-c2ccc3nc(C(=O)NCC4CC4)cn3c2)cc1. The minimum Gasteiger partial charge on any atom is -0.378 e. The van der Waals surface area contributed by atoms with Crippen LogP contribution in [-0.2, 0) is 0 Å². The molecule has 1 fully saturated rings. The van der Waals surface area contributed by atoms with Gasteiger partial charge in [0.1, 0.15) is 11.3 Å². The van der Waals surface area contributed by atoms with E-state index in [1.54, 1.807) is 6.20 Å². The van der Waals surface area contributed by atoms with Gasteiger partial charge >= 0.3 is 0 Å². The predicted octanol–water partition coefficient (Wildman–Crippen LogP) is 3.21. The van der Waals surface area contributed by atoms with Crippen molar-refractivity contribution in [3.8, 4) is 11.1 Å². The summed E-state index contributed by atoms with van der Waals surface area (Å²) < 4.78 is 1.92. The summed E-state index contributed by atoms with van der Waals surface area (Å²) in [5.74, 6) is 0.574. The first-order valence-electron chi connectivity index (χ1n) is 8.65. The molecule has 2 aromatic heterocycles. The molecule has 1 aliphatic carbocycles. The van der Waals surface area contributed by atoms with E-state index in [9.17, 15) is 4.79 Å². The maximum Gasteiger partial charge on any atom is 0.271 e. The van der Waals surface area contributed by atoms with Gasteiger partial charge in [-0.15, -0.1) is 0 Å². The molecule has 128 valence electrons. The van der Waals surface area contributed by atoms with Gasteiger partial charge in [0.05, 0.1) is 0 Å². The smallest absolute Gasteiger partial charge is 0.271 e. The molecule has 1 amide bonds. The number of pyridine rings is 1. The van der Waals surface area contributed by atoms with Crippen LogP contribution in [0.4, 0.5) is 5.69 Å². The molecule has 1 saturated carbocycles. The normalized spacial score (nSPS) is 13.8. The van der Waals surface area contributed by atoms with Gasteiger partial charge in [-0.2, -0.15) is 0 Å². The van der Waals surface area contributed by atoms with E-state index in [1.165, 1.54) is 18.5 Å². The number of anilines is 1. The van der Waals surface area contributed by atoms with Crippen molar-refractivity contribution in [3.05, 3.63) is 54.5 Å². The lowest BCUT2D eigenvalue weighted by Crippen LogP contribution is -2.25. The van der Waals surface area contributed by atoms with Gasteiger partial charge in [-0.25, -0.2) is 4.98 Å². The van der Waals surface area contributed by atoms with Crippen molar-refractivity contribution < 1.29 is 4.79 Å². The van der Waals surface area contributed by atoms with E-state index in [0.29, 0.717) is 11.6 Å². The third-order valence-electron chi connectivity index (χ3n) is 4.65. The van der Waals surface area contributed by atoms with Crippen molar-refractivity contribution in [1.29, 1.82) is 0 Å². The quantitative estimate of drug-likeness (QED) is 0.779. The van der Waals surface area contributed by atoms with Gasteiger partial charge in [0.2, 0.25) is 0 Å². The van der Waals surface area contributed by atoms with E-state index in [-0.39, 0.29) is 5.91 Å². The minimum atomic E-state index is -0.0903. The summed E-state index contributed by atoms with van der Waals surface area (Å²) in [6, 6.07) is 12.4. The van der Waals surface area contributed by atoms with E-state index < -0.39 is 0 Å². The fraction of sp³-hybridized carbons (Fsp3) is 0.300. The second kappa shape index (κ2) is 6.24. The number of hydrogen-bond acceptors (Lipinski definition) is 3. The van der Waals surface area contributed by atoms with Crippen molar-refractivity contribution in [3.63, 3.8) is 0 Å². The molecule has 5 heteroatoms. The van der Waals surface area contributed by atoms with E-state index >= 15 is 0 Å². The van der Waals surface area contributed by atoms with Gasteiger partial charge in [0.25, 0.3) is 5.91 Å². The summed E-state index contributed by atoms with van der Waals surface area (Å²) in [6.07, 6.45) is 6.27. The van der Waals surface area contributed by atoms with Crippen LogP contribution in [0.5, 0.6) is 0 Å². The van der Waals surface area contributed by atoms with Crippen LogP contribution >= 0.6 is 0 Å². The number of rotatable bonds is 5. The lowest BCUT2D eigenvalue weighted by Gasteiger charge is -2.12. The fourth-order valence-electron chi connectivity index (χ4n) is 2.87. The molecule has 0 radical (unpaired) electrons. The zero-order valence-corrected chi connectivity index (χ0v) is 14.6. The van der Waals surface area contributed by atoms with Crippen molar-refractivity contribution in [2.75, 3.05) is 25.5 Å². The van der Waals surface area contributed by atoms with Crippen LogP contribution in [0.25, 0.3) is 16.8 Å². The average Bonchev–Trinajstić information content (AvgIpc) is 3.35. The summed E-state index contributed by atoms with van der Waals surface area (Å²) in [5, 5.41) is 2.97. The molecule has 25 heavy (non-hydrogen) atoms. The van der Waals surface area contributed by atoms with Crippen molar-refractivity contribution in [2.24, 2.45) is 5.92 Å². The number of benzene rings is 1. The Morgan fingerprint density at radius 2 is 1.84 bits per heavy atom. The van der Waals surface area contributed by atoms with E-state index in [4.69, 9.17) is 0 Å². The molecule has 1 aliphatic rings. The topological polar surface area (TPSA) is 49.6 Å². The van der Waals surface area contributed by atoms with Crippen LogP contribution in [0, 0.1) is 5.92 Å². The maximum absolute atomic E-state index is 12.2. The number of nitrogens with one attached hydrogen (secondary N) is 1. The van der Waals surface area contributed by atoms with Crippen LogP contribution in [0.15, 0.2) is 48.8 Å². The third kappa shape index (κ3) is 3.36.